The van der Waals surface area contributed by atoms with Gasteiger partial charge in [-0.3, -0.25) is 0 Å². The average molecular weight is 170 g/mol. The summed E-state index contributed by atoms with van der Waals surface area (Å²) in [5, 5.41) is 0. The molecule has 1 aromatic rings. The molecular weight excluding hydrogens is 159 g/mol. The van der Waals surface area contributed by atoms with Crippen LogP contribution in [0.2, 0.25) is 0 Å². The molecule has 0 unspecified atom stereocenters. The van der Waals surface area contributed by atoms with Gasteiger partial charge in [-0.2, -0.15) is 0 Å². The molecule has 2 nitrogen and oxygen atoms in total. The molecule has 0 aliphatic carbocycles. The van der Waals surface area contributed by atoms with Gasteiger partial charge in [0.2, 0.25) is 0 Å². The van der Waals surface area contributed by atoms with E-state index in [-0.39, 0.29) is 5.82 Å². The van der Waals surface area contributed by atoms with E-state index in [2.05, 4.69) is 0 Å². The van der Waals surface area contributed by atoms with E-state index in [0.717, 1.165) is 0 Å². The number of ether oxygens (including phenoxy) is 2. The second-order valence-electron chi connectivity index (χ2n) is 2.36. The molecule has 66 valence electrons. The average Bonchev–Trinajstić information content (AvgIpc) is 2.07. The number of rotatable bonds is 3. The van der Waals surface area contributed by atoms with Crippen LogP contribution in [0, 0.1) is 5.82 Å². The minimum atomic E-state index is -0.485. The Hall–Kier alpha value is -0.930. The van der Waals surface area contributed by atoms with Crippen molar-refractivity contribution in [2.45, 2.75) is 6.29 Å². The number of methoxy groups -OCH3 is 2. The van der Waals surface area contributed by atoms with Gasteiger partial charge in [-0.25, -0.2) is 4.39 Å². The third kappa shape index (κ3) is 2.03. The SMILES string of the molecule is COC(OC)c1cccc(F)c1. The molecule has 12 heavy (non-hydrogen) atoms. The van der Waals surface area contributed by atoms with Gasteiger partial charge in [-0.05, 0) is 12.1 Å². The van der Waals surface area contributed by atoms with Crippen molar-refractivity contribution < 1.29 is 13.9 Å². The van der Waals surface area contributed by atoms with Crippen molar-refractivity contribution in [3.63, 3.8) is 0 Å². The van der Waals surface area contributed by atoms with Crippen molar-refractivity contribution in [1.29, 1.82) is 0 Å². The molecule has 0 amide bonds. The highest BCUT2D eigenvalue weighted by Gasteiger charge is 2.08. The molecule has 0 bridgehead atoms. The first-order valence-corrected chi connectivity index (χ1v) is 3.59. The fourth-order valence-electron chi connectivity index (χ4n) is 1.02. The van der Waals surface area contributed by atoms with Crippen molar-refractivity contribution >= 4 is 0 Å². The van der Waals surface area contributed by atoms with Gasteiger partial charge in [-0.15, -0.1) is 0 Å². The topological polar surface area (TPSA) is 18.5 Å². The van der Waals surface area contributed by atoms with Crippen LogP contribution in [-0.4, -0.2) is 14.2 Å². The van der Waals surface area contributed by atoms with E-state index in [0.29, 0.717) is 5.56 Å². The molecule has 0 saturated heterocycles. The van der Waals surface area contributed by atoms with Crippen molar-refractivity contribution in [1.82, 2.24) is 0 Å². The first kappa shape index (κ1) is 9.16. The maximum absolute atomic E-state index is 12.7. The summed E-state index contributed by atoms with van der Waals surface area (Å²) in [6.45, 7) is 0. The molecule has 0 aromatic heterocycles. The standard InChI is InChI=1S/C9H11FO2/c1-11-9(12-2)7-4-3-5-8(10)6-7/h3-6,9H,1-2H3. The Balaban J connectivity index is 2.85. The molecule has 0 fully saturated rings. The van der Waals surface area contributed by atoms with Crippen LogP contribution >= 0.6 is 0 Å². The Labute approximate surface area is 70.9 Å². The normalized spacial score (nSPS) is 10.7. The number of benzene rings is 1. The Bertz CT molecular complexity index is 246. The van der Waals surface area contributed by atoms with Crippen LogP contribution in [0.3, 0.4) is 0 Å². The van der Waals surface area contributed by atoms with Gasteiger partial charge in [-0.1, -0.05) is 12.1 Å². The van der Waals surface area contributed by atoms with Crippen molar-refractivity contribution in [3.8, 4) is 0 Å². The Morgan fingerprint density at radius 2 is 1.92 bits per heavy atom. The molecule has 1 rings (SSSR count). The van der Waals surface area contributed by atoms with Gasteiger partial charge < -0.3 is 9.47 Å². The lowest BCUT2D eigenvalue weighted by Crippen LogP contribution is -2.03. The molecule has 0 N–H and O–H groups in total. The smallest absolute Gasteiger partial charge is 0.183 e. The Kier molecular flexibility index (Phi) is 3.19. The lowest BCUT2D eigenvalue weighted by Gasteiger charge is -2.12. The first-order valence-electron chi connectivity index (χ1n) is 3.59. The second kappa shape index (κ2) is 4.18. The minimum Gasteiger partial charge on any atom is -0.352 e. The van der Waals surface area contributed by atoms with Gasteiger partial charge in [0, 0.05) is 19.8 Å². The summed E-state index contributed by atoms with van der Waals surface area (Å²) < 4.78 is 22.6. The zero-order chi connectivity index (χ0) is 8.97. The van der Waals surface area contributed by atoms with Crippen LogP contribution in [0.4, 0.5) is 4.39 Å². The molecule has 1 aromatic carbocycles. The van der Waals surface area contributed by atoms with Gasteiger partial charge >= 0.3 is 0 Å². The molecule has 0 aliphatic heterocycles. The van der Waals surface area contributed by atoms with E-state index in [9.17, 15) is 4.39 Å². The monoisotopic (exact) mass is 170 g/mol. The summed E-state index contributed by atoms with van der Waals surface area (Å²) in [6, 6.07) is 6.14. The summed E-state index contributed by atoms with van der Waals surface area (Å²) in [6.07, 6.45) is -0.485. The molecule has 0 saturated carbocycles. The maximum atomic E-state index is 12.7. The molecule has 0 spiro atoms. The first-order chi connectivity index (χ1) is 5.77. The number of hydrogen-bond donors (Lipinski definition) is 0. The van der Waals surface area contributed by atoms with E-state index in [1.165, 1.54) is 26.4 Å². The third-order valence-corrected chi connectivity index (χ3v) is 1.55. The quantitative estimate of drug-likeness (QED) is 0.647. The Morgan fingerprint density at radius 3 is 2.42 bits per heavy atom. The molecule has 0 atom stereocenters. The molecule has 3 heteroatoms. The van der Waals surface area contributed by atoms with Crippen molar-refractivity contribution in [2.24, 2.45) is 0 Å². The summed E-state index contributed by atoms with van der Waals surface area (Å²) in [5.74, 6) is -0.286. The predicted molar refractivity (Wildman–Crippen MR) is 43.2 cm³/mol. The fraction of sp³-hybridized carbons (Fsp3) is 0.333. The Morgan fingerprint density at radius 1 is 1.25 bits per heavy atom. The van der Waals surface area contributed by atoms with Crippen LogP contribution in [0.1, 0.15) is 11.9 Å². The van der Waals surface area contributed by atoms with E-state index < -0.39 is 6.29 Å². The second-order valence-corrected chi connectivity index (χ2v) is 2.36. The summed E-state index contributed by atoms with van der Waals surface area (Å²) >= 11 is 0. The molecule has 0 aliphatic rings. The molecule has 0 radical (unpaired) electrons. The van der Waals surface area contributed by atoms with Gasteiger partial charge in [0.15, 0.2) is 6.29 Å². The highest BCUT2D eigenvalue weighted by Crippen LogP contribution is 2.17. The lowest BCUT2D eigenvalue weighted by atomic mass is 10.2. The van der Waals surface area contributed by atoms with Crippen LogP contribution in [0.5, 0.6) is 0 Å². The number of hydrogen-bond acceptors (Lipinski definition) is 2. The molecule has 0 heterocycles. The van der Waals surface area contributed by atoms with E-state index in [1.54, 1.807) is 12.1 Å². The zero-order valence-corrected chi connectivity index (χ0v) is 7.08. The highest BCUT2D eigenvalue weighted by molar-refractivity contribution is 5.17. The van der Waals surface area contributed by atoms with Crippen molar-refractivity contribution in [2.75, 3.05) is 14.2 Å². The number of halogens is 1. The van der Waals surface area contributed by atoms with Crippen LogP contribution in [0.15, 0.2) is 24.3 Å². The fourth-order valence-corrected chi connectivity index (χ4v) is 1.02. The van der Waals surface area contributed by atoms with E-state index >= 15 is 0 Å². The van der Waals surface area contributed by atoms with Gasteiger partial charge in [0.05, 0.1) is 0 Å². The predicted octanol–water partition coefficient (Wildman–Crippen LogP) is 2.12. The summed E-state index contributed by atoms with van der Waals surface area (Å²) in [4.78, 5) is 0. The minimum absolute atomic E-state index is 0.286. The summed E-state index contributed by atoms with van der Waals surface area (Å²) in [7, 11) is 3.03. The van der Waals surface area contributed by atoms with Crippen LogP contribution in [0.25, 0.3) is 0 Å². The molecular formula is C9H11FO2. The largest absolute Gasteiger partial charge is 0.352 e. The van der Waals surface area contributed by atoms with Gasteiger partial charge in [0.1, 0.15) is 5.82 Å². The maximum Gasteiger partial charge on any atom is 0.183 e. The van der Waals surface area contributed by atoms with Crippen LogP contribution in [-0.2, 0) is 9.47 Å². The van der Waals surface area contributed by atoms with E-state index in [1.807, 2.05) is 0 Å². The van der Waals surface area contributed by atoms with Crippen LogP contribution < -0.4 is 0 Å². The van der Waals surface area contributed by atoms with Crippen molar-refractivity contribution in [3.05, 3.63) is 35.6 Å². The highest BCUT2D eigenvalue weighted by atomic mass is 19.1. The van der Waals surface area contributed by atoms with Gasteiger partial charge in [0.25, 0.3) is 0 Å². The third-order valence-electron chi connectivity index (χ3n) is 1.55. The zero-order valence-electron chi connectivity index (χ0n) is 7.08. The van der Waals surface area contributed by atoms with E-state index in [4.69, 9.17) is 9.47 Å². The summed E-state index contributed by atoms with van der Waals surface area (Å²) in [5.41, 5.74) is 0.681. The lowest BCUT2D eigenvalue weighted by molar-refractivity contribution is -0.106.